The minimum absolute atomic E-state index is 0.00386. The Bertz CT molecular complexity index is 810. The summed E-state index contributed by atoms with van der Waals surface area (Å²) in [5.41, 5.74) is 6.27. The molecule has 0 amide bonds. The maximum Gasteiger partial charge on any atom is 0.307 e. The van der Waals surface area contributed by atoms with Crippen LogP contribution in [0.25, 0.3) is 5.57 Å². The fraction of sp³-hybridized carbons (Fsp3) is 0.375. The predicted molar refractivity (Wildman–Crippen MR) is 118 cm³/mol. The quantitative estimate of drug-likeness (QED) is 0.650. The average Bonchev–Trinajstić information content (AvgIpc) is 2.65. The molecule has 4 heteroatoms. The van der Waals surface area contributed by atoms with Crippen molar-refractivity contribution in [2.75, 3.05) is 25.0 Å². The van der Waals surface area contributed by atoms with Gasteiger partial charge in [-0.3, -0.25) is 4.79 Å². The van der Waals surface area contributed by atoms with Gasteiger partial charge in [-0.1, -0.05) is 30.7 Å². The molecule has 28 heavy (non-hydrogen) atoms. The first-order valence-corrected chi connectivity index (χ1v) is 9.93. The zero-order valence-corrected chi connectivity index (χ0v) is 17.7. The number of carboxylic acids is 1. The van der Waals surface area contributed by atoms with Gasteiger partial charge in [0.2, 0.25) is 0 Å². The molecule has 150 valence electrons. The van der Waals surface area contributed by atoms with E-state index in [4.69, 9.17) is 0 Å². The van der Waals surface area contributed by atoms with E-state index in [0.717, 1.165) is 47.5 Å². The average molecular weight is 381 g/mol. The van der Waals surface area contributed by atoms with E-state index < -0.39 is 5.97 Å². The molecule has 0 aliphatic carbocycles. The highest BCUT2D eigenvalue weighted by Crippen LogP contribution is 2.29. The summed E-state index contributed by atoms with van der Waals surface area (Å²) in [5.74, 6) is -0.821. The van der Waals surface area contributed by atoms with Gasteiger partial charge in [0, 0.05) is 37.7 Å². The summed E-state index contributed by atoms with van der Waals surface area (Å²) in [4.78, 5) is 15.7. The highest BCUT2D eigenvalue weighted by Gasteiger charge is 2.15. The Balaban J connectivity index is 2.41. The first-order valence-electron chi connectivity index (χ1n) is 9.93. The van der Waals surface area contributed by atoms with Crippen molar-refractivity contribution < 1.29 is 9.90 Å². The third-order valence-corrected chi connectivity index (χ3v) is 4.72. The summed E-state index contributed by atoms with van der Waals surface area (Å²) in [6, 6.07) is 8.62. The lowest BCUT2D eigenvalue weighted by Gasteiger charge is -2.25. The van der Waals surface area contributed by atoms with Gasteiger partial charge in [-0.25, -0.2) is 0 Å². The summed E-state index contributed by atoms with van der Waals surface area (Å²) in [7, 11) is 1.95. The first-order chi connectivity index (χ1) is 13.3. The van der Waals surface area contributed by atoms with Crippen molar-refractivity contribution >= 4 is 17.2 Å². The highest BCUT2D eigenvalue weighted by atomic mass is 16.4. The molecular formula is C24H32N2O2. The van der Waals surface area contributed by atoms with Crippen LogP contribution < -0.4 is 4.90 Å². The number of benzene rings is 1. The molecule has 0 spiro atoms. The second kappa shape index (κ2) is 9.98. The smallest absolute Gasteiger partial charge is 0.307 e. The van der Waals surface area contributed by atoms with E-state index in [1.807, 2.05) is 38.1 Å². The van der Waals surface area contributed by atoms with Gasteiger partial charge >= 0.3 is 5.97 Å². The van der Waals surface area contributed by atoms with Crippen LogP contribution in [0.1, 0.15) is 46.1 Å². The lowest BCUT2D eigenvalue weighted by atomic mass is 9.98. The predicted octanol–water partition coefficient (Wildman–Crippen LogP) is 5.46. The molecule has 1 aliphatic heterocycles. The molecule has 2 rings (SSSR count). The zero-order valence-electron chi connectivity index (χ0n) is 17.7. The summed E-state index contributed by atoms with van der Waals surface area (Å²) < 4.78 is 0. The van der Waals surface area contributed by atoms with Crippen LogP contribution in [0.4, 0.5) is 5.69 Å². The fourth-order valence-corrected chi connectivity index (χ4v) is 3.40. The molecule has 1 aliphatic rings. The van der Waals surface area contributed by atoms with Gasteiger partial charge in [-0.15, -0.1) is 0 Å². The van der Waals surface area contributed by atoms with E-state index in [9.17, 15) is 9.90 Å². The molecule has 0 unspecified atom stereocenters. The first kappa shape index (κ1) is 21.5. The highest BCUT2D eigenvalue weighted by molar-refractivity contribution is 5.79. The molecule has 0 saturated carbocycles. The Kier molecular flexibility index (Phi) is 7.68. The molecule has 4 nitrogen and oxygen atoms in total. The van der Waals surface area contributed by atoms with E-state index >= 15 is 0 Å². The molecule has 1 aromatic carbocycles. The van der Waals surface area contributed by atoms with Crippen LogP contribution in [-0.4, -0.2) is 36.1 Å². The number of hydrogen-bond donors (Lipinski definition) is 1. The van der Waals surface area contributed by atoms with Crippen LogP contribution in [0, 0.1) is 0 Å². The molecule has 1 aromatic rings. The molecule has 0 bridgehead atoms. The minimum Gasteiger partial charge on any atom is -0.481 e. The van der Waals surface area contributed by atoms with Crippen molar-refractivity contribution in [3.63, 3.8) is 0 Å². The second-order valence-electron chi connectivity index (χ2n) is 7.36. The molecule has 0 atom stereocenters. The van der Waals surface area contributed by atoms with Gasteiger partial charge in [0.05, 0.1) is 6.42 Å². The SMILES string of the molecule is CCCN(CC)c1ccc(C2=C/C(=C(/C=C(C)C)CC(=O)O)N(C)C=C2)cc1. The molecule has 1 heterocycles. The summed E-state index contributed by atoms with van der Waals surface area (Å²) >= 11 is 0. The number of likely N-dealkylation sites (N-methyl/N-ethyl adjacent to an activating group) is 1. The monoisotopic (exact) mass is 380 g/mol. The number of hydrogen-bond acceptors (Lipinski definition) is 3. The van der Waals surface area contributed by atoms with Gasteiger partial charge in [0.1, 0.15) is 0 Å². The van der Waals surface area contributed by atoms with Crippen LogP contribution in [0.3, 0.4) is 0 Å². The number of nitrogens with zero attached hydrogens (tertiary/aromatic N) is 2. The topological polar surface area (TPSA) is 43.8 Å². The molecule has 0 radical (unpaired) electrons. The summed E-state index contributed by atoms with van der Waals surface area (Å²) in [6.07, 6.45) is 9.23. The third kappa shape index (κ3) is 5.62. The van der Waals surface area contributed by atoms with Crippen molar-refractivity contribution in [3.8, 4) is 0 Å². The van der Waals surface area contributed by atoms with E-state index in [1.165, 1.54) is 5.69 Å². The molecular weight excluding hydrogens is 348 g/mol. The number of allylic oxidation sites excluding steroid dienone is 5. The van der Waals surface area contributed by atoms with Crippen LogP contribution in [-0.2, 0) is 4.79 Å². The number of rotatable bonds is 8. The van der Waals surface area contributed by atoms with E-state index in [0.29, 0.717) is 0 Å². The van der Waals surface area contributed by atoms with Gasteiger partial charge in [-0.05, 0) is 68.2 Å². The largest absolute Gasteiger partial charge is 0.481 e. The molecule has 0 saturated heterocycles. The Hall–Kier alpha value is -2.75. The van der Waals surface area contributed by atoms with E-state index in [-0.39, 0.29) is 6.42 Å². The second-order valence-corrected chi connectivity index (χ2v) is 7.36. The van der Waals surface area contributed by atoms with Crippen molar-refractivity contribution in [2.45, 2.75) is 40.5 Å². The van der Waals surface area contributed by atoms with Crippen LogP contribution in [0.15, 0.2) is 65.5 Å². The lowest BCUT2D eigenvalue weighted by Crippen LogP contribution is -2.23. The van der Waals surface area contributed by atoms with Crippen molar-refractivity contribution in [1.29, 1.82) is 0 Å². The standard InChI is InChI=1S/C24H32N2O2/c1-6-13-26(7-2)22-10-8-19(9-11-22)20-12-14-25(5)23(16-20)21(15-18(3)4)17-24(27)28/h8-12,14-16H,6-7,13,17H2,1-5H3,(H,27,28)/b23-21+. The fourth-order valence-electron chi connectivity index (χ4n) is 3.40. The Morgan fingerprint density at radius 1 is 1.18 bits per heavy atom. The number of aliphatic carboxylic acids is 1. The number of anilines is 1. The Morgan fingerprint density at radius 2 is 1.86 bits per heavy atom. The maximum absolute atomic E-state index is 11.3. The normalized spacial score (nSPS) is 15.2. The lowest BCUT2D eigenvalue weighted by molar-refractivity contribution is -0.136. The Morgan fingerprint density at radius 3 is 2.39 bits per heavy atom. The van der Waals surface area contributed by atoms with Crippen LogP contribution >= 0.6 is 0 Å². The Labute approximate surface area is 169 Å². The molecule has 0 fully saturated rings. The van der Waals surface area contributed by atoms with Crippen LogP contribution in [0.2, 0.25) is 0 Å². The summed E-state index contributed by atoms with van der Waals surface area (Å²) in [5, 5.41) is 9.32. The van der Waals surface area contributed by atoms with E-state index in [1.54, 1.807) is 0 Å². The van der Waals surface area contributed by atoms with Gasteiger partial charge < -0.3 is 14.9 Å². The van der Waals surface area contributed by atoms with Gasteiger partial charge in [0.25, 0.3) is 0 Å². The minimum atomic E-state index is -0.821. The van der Waals surface area contributed by atoms with Crippen molar-refractivity contribution in [3.05, 3.63) is 71.1 Å². The van der Waals surface area contributed by atoms with Crippen molar-refractivity contribution in [1.82, 2.24) is 4.90 Å². The number of carbonyl (C=O) groups is 1. The third-order valence-electron chi connectivity index (χ3n) is 4.72. The molecule has 1 N–H and O–H groups in total. The summed E-state index contributed by atoms with van der Waals surface area (Å²) in [6.45, 7) is 10.4. The maximum atomic E-state index is 11.3. The van der Waals surface area contributed by atoms with Gasteiger partial charge in [0.15, 0.2) is 0 Å². The molecule has 0 aromatic heterocycles. The number of carboxylic acid groups (broad SMARTS) is 1. The van der Waals surface area contributed by atoms with E-state index in [2.05, 4.69) is 55.2 Å². The zero-order chi connectivity index (χ0) is 20.7. The van der Waals surface area contributed by atoms with Gasteiger partial charge in [-0.2, -0.15) is 0 Å². The van der Waals surface area contributed by atoms with Crippen molar-refractivity contribution in [2.24, 2.45) is 0 Å². The van der Waals surface area contributed by atoms with Crippen LogP contribution in [0.5, 0.6) is 0 Å².